The number of anilines is 1. The first kappa shape index (κ1) is 12.4. The molecule has 18 heavy (non-hydrogen) atoms. The van der Waals surface area contributed by atoms with Gasteiger partial charge in [0, 0.05) is 24.3 Å². The number of rotatable bonds is 3. The predicted molar refractivity (Wildman–Crippen MR) is 70.4 cm³/mol. The highest BCUT2D eigenvalue weighted by atomic mass is 32.2. The van der Waals surface area contributed by atoms with Crippen LogP contribution in [0.3, 0.4) is 0 Å². The fraction of sp³-hybridized carbons (Fsp3) is 0.0833. The van der Waals surface area contributed by atoms with Crippen molar-refractivity contribution < 1.29 is 4.79 Å². The lowest BCUT2D eigenvalue weighted by Gasteiger charge is -2.05. The lowest BCUT2D eigenvalue weighted by atomic mass is 10.3. The van der Waals surface area contributed by atoms with Gasteiger partial charge in [0.15, 0.2) is 0 Å². The Bertz CT molecular complexity index is 574. The van der Waals surface area contributed by atoms with Crippen molar-refractivity contribution in [1.29, 1.82) is 0 Å². The van der Waals surface area contributed by atoms with Crippen molar-refractivity contribution in [2.24, 2.45) is 0 Å². The second-order valence-corrected chi connectivity index (χ2v) is 4.52. The predicted octanol–water partition coefficient (Wildman–Crippen LogP) is 1.57. The van der Waals surface area contributed by atoms with Crippen LogP contribution >= 0.6 is 11.8 Å². The first-order valence-electron chi connectivity index (χ1n) is 5.27. The normalized spacial score (nSPS) is 10.1. The van der Waals surface area contributed by atoms with Gasteiger partial charge in [0.25, 0.3) is 5.91 Å². The van der Waals surface area contributed by atoms with Gasteiger partial charge in [-0.1, -0.05) is 11.8 Å². The summed E-state index contributed by atoms with van der Waals surface area (Å²) >= 11 is 1.40. The number of hydrogen-bond acceptors (Lipinski definition) is 5. The van der Waals surface area contributed by atoms with Crippen LogP contribution in [-0.2, 0) is 0 Å². The molecule has 0 fully saturated rings. The third kappa shape index (κ3) is 2.78. The number of nitrogens with zero attached hydrogens (tertiary/aromatic N) is 2. The Hall–Kier alpha value is -2.08. The molecule has 0 aromatic carbocycles. The molecule has 0 bridgehead atoms. The highest BCUT2D eigenvalue weighted by molar-refractivity contribution is 7.99. The fourth-order valence-electron chi connectivity index (χ4n) is 1.33. The summed E-state index contributed by atoms with van der Waals surface area (Å²) in [5.41, 5.74) is 6.80. The summed E-state index contributed by atoms with van der Waals surface area (Å²) in [5, 5.41) is 3.25. The lowest BCUT2D eigenvalue weighted by molar-refractivity contribution is 0.0958. The Balaban J connectivity index is 2.25. The number of nitrogens with one attached hydrogen (secondary N) is 1. The number of pyridine rings is 2. The smallest absolute Gasteiger partial charge is 0.269 e. The zero-order chi connectivity index (χ0) is 13.0. The lowest BCUT2D eigenvalue weighted by Crippen LogP contribution is -2.18. The number of nitrogen functional groups attached to an aromatic ring is 1. The van der Waals surface area contributed by atoms with Crippen molar-refractivity contribution in [3.8, 4) is 0 Å². The van der Waals surface area contributed by atoms with E-state index in [1.807, 2.05) is 6.07 Å². The Morgan fingerprint density at radius 2 is 2.17 bits per heavy atom. The monoisotopic (exact) mass is 260 g/mol. The number of nitrogens with two attached hydrogens (primary N) is 1. The maximum Gasteiger partial charge on any atom is 0.269 e. The van der Waals surface area contributed by atoms with E-state index in [0.717, 1.165) is 4.90 Å². The van der Waals surface area contributed by atoms with Crippen molar-refractivity contribution in [2.75, 3.05) is 12.8 Å². The summed E-state index contributed by atoms with van der Waals surface area (Å²) in [6.07, 6.45) is 3.27. The largest absolute Gasteiger partial charge is 0.397 e. The number of hydrogen-bond donors (Lipinski definition) is 2. The summed E-state index contributed by atoms with van der Waals surface area (Å²) in [6.45, 7) is 0. The van der Waals surface area contributed by atoms with Gasteiger partial charge in [0.2, 0.25) is 0 Å². The minimum Gasteiger partial charge on any atom is -0.397 e. The number of carbonyl (C=O) groups is 1. The summed E-state index contributed by atoms with van der Waals surface area (Å²) in [7, 11) is 1.57. The molecule has 0 atom stereocenters. The van der Waals surface area contributed by atoms with Gasteiger partial charge in [-0.25, -0.2) is 4.98 Å². The molecular weight excluding hydrogens is 248 g/mol. The first-order valence-corrected chi connectivity index (χ1v) is 6.09. The molecule has 0 aliphatic carbocycles. The van der Waals surface area contributed by atoms with Gasteiger partial charge in [-0.05, 0) is 24.3 Å². The minimum absolute atomic E-state index is 0.216. The van der Waals surface area contributed by atoms with E-state index in [2.05, 4.69) is 15.3 Å². The van der Waals surface area contributed by atoms with E-state index in [1.165, 1.54) is 11.8 Å². The second kappa shape index (κ2) is 5.50. The Morgan fingerprint density at radius 3 is 2.89 bits per heavy atom. The summed E-state index contributed by atoms with van der Waals surface area (Å²) in [6, 6.07) is 7.08. The summed E-state index contributed by atoms with van der Waals surface area (Å²) < 4.78 is 0. The van der Waals surface area contributed by atoms with Gasteiger partial charge in [-0.3, -0.25) is 9.78 Å². The van der Waals surface area contributed by atoms with Gasteiger partial charge in [-0.15, -0.1) is 0 Å². The molecule has 0 aliphatic rings. The SMILES string of the molecule is CNC(=O)c1cc(Sc2ncccc2N)ccn1. The molecule has 1 amide bonds. The van der Waals surface area contributed by atoms with Gasteiger partial charge < -0.3 is 11.1 Å². The van der Waals surface area contributed by atoms with Crippen LogP contribution in [0.15, 0.2) is 46.6 Å². The standard InChI is InChI=1S/C12H12N4OS/c1-14-11(17)10-7-8(4-6-15-10)18-12-9(13)3-2-5-16-12/h2-7H,13H2,1H3,(H,14,17). The molecule has 0 saturated heterocycles. The zero-order valence-electron chi connectivity index (χ0n) is 9.75. The quantitative estimate of drug-likeness (QED) is 0.875. The van der Waals surface area contributed by atoms with Crippen LogP contribution < -0.4 is 11.1 Å². The van der Waals surface area contributed by atoms with Crippen LogP contribution in [0.4, 0.5) is 5.69 Å². The maximum absolute atomic E-state index is 11.5. The van der Waals surface area contributed by atoms with E-state index in [0.29, 0.717) is 16.4 Å². The molecule has 6 heteroatoms. The molecule has 2 rings (SSSR count). The van der Waals surface area contributed by atoms with Crippen LogP contribution in [0.5, 0.6) is 0 Å². The maximum atomic E-state index is 11.5. The minimum atomic E-state index is -0.216. The number of aromatic nitrogens is 2. The van der Waals surface area contributed by atoms with Gasteiger partial charge in [-0.2, -0.15) is 0 Å². The van der Waals surface area contributed by atoms with Gasteiger partial charge in [0.05, 0.1) is 5.69 Å². The van der Waals surface area contributed by atoms with E-state index < -0.39 is 0 Å². The summed E-state index contributed by atoms with van der Waals surface area (Å²) in [5.74, 6) is -0.216. The van der Waals surface area contributed by atoms with Crippen LogP contribution in [0.2, 0.25) is 0 Å². The first-order chi connectivity index (χ1) is 8.70. The third-order valence-corrected chi connectivity index (χ3v) is 3.23. The highest BCUT2D eigenvalue weighted by Gasteiger charge is 2.08. The van der Waals surface area contributed by atoms with Crippen molar-refractivity contribution in [3.63, 3.8) is 0 Å². The van der Waals surface area contributed by atoms with E-state index in [4.69, 9.17) is 5.73 Å². The van der Waals surface area contributed by atoms with E-state index in [-0.39, 0.29) is 5.91 Å². The average Bonchev–Trinajstić information content (AvgIpc) is 2.41. The molecule has 2 aromatic rings. The van der Waals surface area contributed by atoms with Gasteiger partial charge in [0.1, 0.15) is 10.7 Å². The molecule has 0 aliphatic heterocycles. The van der Waals surface area contributed by atoms with Crippen LogP contribution in [0.25, 0.3) is 0 Å². The number of carbonyl (C=O) groups excluding carboxylic acids is 1. The molecule has 0 saturated carbocycles. The Labute approximate surface area is 109 Å². The molecule has 92 valence electrons. The summed E-state index contributed by atoms with van der Waals surface area (Å²) in [4.78, 5) is 20.5. The molecule has 2 aromatic heterocycles. The zero-order valence-corrected chi connectivity index (χ0v) is 10.6. The van der Waals surface area contributed by atoms with E-state index >= 15 is 0 Å². The molecule has 0 unspecified atom stereocenters. The van der Waals surface area contributed by atoms with Crippen molar-refractivity contribution in [1.82, 2.24) is 15.3 Å². The van der Waals surface area contributed by atoms with E-state index in [9.17, 15) is 4.79 Å². The van der Waals surface area contributed by atoms with E-state index in [1.54, 1.807) is 37.6 Å². The van der Waals surface area contributed by atoms with Gasteiger partial charge >= 0.3 is 0 Å². The van der Waals surface area contributed by atoms with Crippen molar-refractivity contribution in [3.05, 3.63) is 42.4 Å². The Morgan fingerprint density at radius 1 is 1.33 bits per heavy atom. The average molecular weight is 260 g/mol. The topological polar surface area (TPSA) is 80.9 Å². The number of amides is 1. The van der Waals surface area contributed by atoms with Crippen LogP contribution in [-0.4, -0.2) is 22.9 Å². The fourth-order valence-corrected chi connectivity index (χ4v) is 2.15. The molecular formula is C12H12N4OS. The van der Waals surface area contributed by atoms with Crippen LogP contribution in [0.1, 0.15) is 10.5 Å². The van der Waals surface area contributed by atoms with Crippen molar-refractivity contribution >= 4 is 23.4 Å². The molecule has 0 radical (unpaired) electrons. The Kier molecular flexibility index (Phi) is 3.78. The van der Waals surface area contributed by atoms with Crippen LogP contribution in [0, 0.1) is 0 Å². The molecule has 2 heterocycles. The molecule has 5 nitrogen and oxygen atoms in total. The highest BCUT2D eigenvalue weighted by Crippen LogP contribution is 2.29. The molecule has 0 spiro atoms. The molecule has 3 N–H and O–H groups in total. The van der Waals surface area contributed by atoms with Crippen molar-refractivity contribution in [2.45, 2.75) is 9.92 Å². The second-order valence-electron chi connectivity index (χ2n) is 3.46. The third-order valence-electron chi connectivity index (χ3n) is 2.21.